The van der Waals surface area contributed by atoms with Crippen LogP contribution in [0.5, 0.6) is 0 Å². The molecule has 0 aromatic carbocycles. The zero-order valence-corrected chi connectivity index (χ0v) is 14.0. The quantitative estimate of drug-likeness (QED) is 0.434. The number of methoxy groups -OCH3 is 1. The fourth-order valence-corrected chi connectivity index (χ4v) is 3.47. The van der Waals surface area contributed by atoms with Crippen molar-refractivity contribution in [3.8, 4) is 0 Å². The molecule has 104 valence electrons. The van der Waals surface area contributed by atoms with Crippen LogP contribution in [0.1, 0.15) is 17.3 Å². The second-order valence-electron chi connectivity index (χ2n) is 3.88. The molecule has 2 aromatic heterocycles. The van der Waals surface area contributed by atoms with E-state index in [2.05, 4.69) is 44.6 Å². The van der Waals surface area contributed by atoms with Crippen molar-refractivity contribution in [1.29, 1.82) is 0 Å². The van der Waals surface area contributed by atoms with Gasteiger partial charge in [-0.05, 0) is 39.6 Å². The minimum absolute atomic E-state index is 0.174. The van der Waals surface area contributed by atoms with Gasteiger partial charge in [0.2, 0.25) is 0 Å². The Morgan fingerprint density at radius 1 is 1.68 bits per heavy atom. The summed E-state index contributed by atoms with van der Waals surface area (Å²) >= 11 is 10.2. The molecular formula is C11H14ClIN4OS. The van der Waals surface area contributed by atoms with Gasteiger partial charge in [-0.1, -0.05) is 11.6 Å². The summed E-state index contributed by atoms with van der Waals surface area (Å²) in [6.07, 6.45) is 1.63. The van der Waals surface area contributed by atoms with Crippen LogP contribution in [0.25, 0.3) is 0 Å². The van der Waals surface area contributed by atoms with Gasteiger partial charge in [-0.2, -0.15) is 5.10 Å². The molecule has 0 saturated carbocycles. The highest BCUT2D eigenvalue weighted by molar-refractivity contribution is 14.1. The third-order valence-corrected chi connectivity index (χ3v) is 4.80. The van der Waals surface area contributed by atoms with Crippen LogP contribution in [0.15, 0.2) is 17.6 Å². The number of hydrogen-bond donors (Lipinski definition) is 2. The molecule has 0 aliphatic rings. The summed E-state index contributed by atoms with van der Waals surface area (Å²) in [5, 5.41) is 6.93. The Labute approximate surface area is 134 Å². The van der Waals surface area contributed by atoms with Gasteiger partial charge in [0.05, 0.1) is 39.0 Å². The SMILES string of the molecule is COCCn1ncc(Cl)c1C(NN)c1csc(I)c1. The van der Waals surface area contributed by atoms with Crippen molar-refractivity contribution >= 4 is 45.5 Å². The minimum atomic E-state index is -0.174. The van der Waals surface area contributed by atoms with E-state index < -0.39 is 0 Å². The van der Waals surface area contributed by atoms with E-state index in [0.717, 1.165) is 11.3 Å². The average molecular weight is 413 g/mol. The van der Waals surface area contributed by atoms with Crippen molar-refractivity contribution in [1.82, 2.24) is 15.2 Å². The lowest BCUT2D eigenvalue weighted by Crippen LogP contribution is -2.31. The first-order chi connectivity index (χ1) is 9.17. The Kier molecular flexibility index (Phi) is 5.60. The molecule has 2 rings (SSSR count). The highest BCUT2D eigenvalue weighted by atomic mass is 127. The zero-order chi connectivity index (χ0) is 13.8. The second-order valence-corrected chi connectivity index (χ2v) is 7.09. The van der Waals surface area contributed by atoms with E-state index in [1.54, 1.807) is 24.6 Å². The molecule has 8 heteroatoms. The molecular weight excluding hydrogens is 399 g/mol. The summed E-state index contributed by atoms with van der Waals surface area (Å²) in [5.41, 5.74) is 4.75. The van der Waals surface area contributed by atoms with Gasteiger partial charge in [0.1, 0.15) is 0 Å². The van der Waals surface area contributed by atoms with E-state index >= 15 is 0 Å². The molecule has 0 fully saturated rings. The van der Waals surface area contributed by atoms with Crippen LogP contribution in [0.2, 0.25) is 5.02 Å². The van der Waals surface area contributed by atoms with Crippen LogP contribution >= 0.6 is 45.5 Å². The first-order valence-corrected chi connectivity index (χ1v) is 7.91. The second kappa shape index (κ2) is 7.00. The molecule has 0 bridgehead atoms. The zero-order valence-electron chi connectivity index (χ0n) is 10.3. The van der Waals surface area contributed by atoms with E-state index in [4.69, 9.17) is 22.2 Å². The number of thiophene rings is 1. The molecule has 0 aliphatic heterocycles. The standard InChI is InChI=1S/C11H14ClIN4OS/c1-18-3-2-17-11(8(12)5-15-17)10(16-14)7-4-9(13)19-6-7/h4-6,10,16H,2-3,14H2,1H3. The van der Waals surface area contributed by atoms with Crippen LogP contribution in [0.3, 0.4) is 0 Å². The Bertz CT molecular complexity index is 545. The van der Waals surface area contributed by atoms with Crippen molar-refractivity contribution in [2.75, 3.05) is 13.7 Å². The predicted octanol–water partition coefficient (Wildman–Crippen LogP) is 2.40. The molecule has 2 aromatic rings. The molecule has 3 N–H and O–H groups in total. The lowest BCUT2D eigenvalue weighted by molar-refractivity contribution is 0.182. The highest BCUT2D eigenvalue weighted by Crippen LogP contribution is 2.30. The first kappa shape index (κ1) is 15.2. The minimum Gasteiger partial charge on any atom is -0.383 e. The Balaban J connectivity index is 2.34. The van der Waals surface area contributed by atoms with Crippen LogP contribution in [0, 0.1) is 2.88 Å². The predicted molar refractivity (Wildman–Crippen MR) is 85.3 cm³/mol. The van der Waals surface area contributed by atoms with E-state index in [1.807, 2.05) is 4.68 Å². The number of rotatable bonds is 6. The van der Waals surface area contributed by atoms with Crippen molar-refractivity contribution in [2.45, 2.75) is 12.6 Å². The fourth-order valence-electron chi connectivity index (χ4n) is 1.82. The number of nitrogens with zero attached hydrogens (tertiary/aromatic N) is 2. The van der Waals surface area contributed by atoms with Crippen molar-refractivity contribution in [3.05, 3.63) is 36.8 Å². The molecule has 19 heavy (non-hydrogen) atoms. The molecule has 0 aliphatic carbocycles. The van der Waals surface area contributed by atoms with Crippen LogP contribution in [0.4, 0.5) is 0 Å². The molecule has 0 radical (unpaired) electrons. The van der Waals surface area contributed by atoms with Crippen LogP contribution < -0.4 is 11.3 Å². The number of halogens is 2. The van der Waals surface area contributed by atoms with Crippen LogP contribution in [-0.2, 0) is 11.3 Å². The van der Waals surface area contributed by atoms with Gasteiger partial charge < -0.3 is 4.74 Å². The lowest BCUT2D eigenvalue weighted by Gasteiger charge is -2.17. The summed E-state index contributed by atoms with van der Waals surface area (Å²) in [4.78, 5) is 0. The third-order valence-electron chi connectivity index (χ3n) is 2.70. The summed E-state index contributed by atoms with van der Waals surface area (Å²) in [7, 11) is 1.66. The molecule has 0 spiro atoms. The van der Waals surface area contributed by atoms with E-state index in [1.165, 1.54) is 2.88 Å². The highest BCUT2D eigenvalue weighted by Gasteiger charge is 2.22. The van der Waals surface area contributed by atoms with Crippen molar-refractivity contribution in [3.63, 3.8) is 0 Å². The number of hydrazine groups is 1. The normalized spacial score (nSPS) is 12.8. The van der Waals surface area contributed by atoms with Gasteiger partial charge >= 0.3 is 0 Å². The summed E-state index contributed by atoms with van der Waals surface area (Å²) in [6.45, 7) is 1.21. The molecule has 1 unspecified atom stereocenters. The maximum absolute atomic E-state index is 6.24. The first-order valence-electron chi connectivity index (χ1n) is 5.57. The topological polar surface area (TPSA) is 65.1 Å². The maximum Gasteiger partial charge on any atom is 0.0901 e. The van der Waals surface area contributed by atoms with Gasteiger partial charge in [0, 0.05) is 7.11 Å². The average Bonchev–Trinajstić information content (AvgIpc) is 2.97. The van der Waals surface area contributed by atoms with Gasteiger partial charge in [0.25, 0.3) is 0 Å². The molecule has 2 heterocycles. The number of nitrogens with one attached hydrogen (secondary N) is 1. The molecule has 0 saturated heterocycles. The number of nitrogens with two attached hydrogens (primary N) is 1. The third kappa shape index (κ3) is 3.47. The number of ether oxygens (including phenoxy) is 1. The van der Waals surface area contributed by atoms with Gasteiger partial charge in [-0.25, -0.2) is 5.43 Å². The summed E-state index contributed by atoms with van der Waals surface area (Å²) < 4.78 is 8.10. The van der Waals surface area contributed by atoms with E-state index in [0.29, 0.717) is 18.2 Å². The van der Waals surface area contributed by atoms with E-state index in [9.17, 15) is 0 Å². The molecule has 5 nitrogen and oxygen atoms in total. The largest absolute Gasteiger partial charge is 0.383 e. The lowest BCUT2D eigenvalue weighted by atomic mass is 10.1. The summed E-state index contributed by atoms with van der Waals surface area (Å²) in [5.74, 6) is 5.69. The monoisotopic (exact) mass is 412 g/mol. The Morgan fingerprint density at radius 2 is 2.47 bits per heavy atom. The van der Waals surface area contributed by atoms with Crippen LogP contribution in [-0.4, -0.2) is 23.5 Å². The smallest absolute Gasteiger partial charge is 0.0901 e. The number of aromatic nitrogens is 2. The summed E-state index contributed by atoms with van der Waals surface area (Å²) in [6, 6.07) is 1.91. The number of hydrogen-bond acceptors (Lipinski definition) is 5. The molecule has 1 atom stereocenters. The Hall–Kier alpha value is -0.190. The van der Waals surface area contributed by atoms with Gasteiger partial charge in [-0.3, -0.25) is 10.5 Å². The van der Waals surface area contributed by atoms with Gasteiger partial charge in [0.15, 0.2) is 0 Å². The van der Waals surface area contributed by atoms with E-state index in [-0.39, 0.29) is 6.04 Å². The van der Waals surface area contributed by atoms with Gasteiger partial charge in [-0.15, -0.1) is 11.3 Å². The van der Waals surface area contributed by atoms with Crippen molar-refractivity contribution < 1.29 is 4.74 Å². The Morgan fingerprint density at radius 3 is 3.05 bits per heavy atom. The molecule has 0 amide bonds. The maximum atomic E-state index is 6.24. The van der Waals surface area contributed by atoms with Crippen molar-refractivity contribution in [2.24, 2.45) is 5.84 Å². The fraction of sp³-hybridized carbons (Fsp3) is 0.364.